The third kappa shape index (κ3) is 5.61. The highest BCUT2D eigenvalue weighted by Crippen LogP contribution is 2.20. The molecule has 0 radical (unpaired) electrons. The summed E-state index contributed by atoms with van der Waals surface area (Å²) in [7, 11) is 0. The first-order valence-corrected chi connectivity index (χ1v) is 10.1. The van der Waals surface area contributed by atoms with Gasteiger partial charge in [-0.2, -0.15) is 0 Å². The van der Waals surface area contributed by atoms with Crippen LogP contribution in [0, 0.1) is 5.82 Å². The van der Waals surface area contributed by atoms with Gasteiger partial charge in [0.2, 0.25) is 5.91 Å². The Hall–Kier alpha value is -1.76. The summed E-state index contributed by atoms with van der Waals surface area (Å²) in [5, 5.41) is 2.72. The second kappa shape index (κ2) is 9.44. The van der Waals surface area contributed by atoms with Crippen LogP contribution < -0.4 is 5.32 Å². The molecule has 2 aromatic rings. The zero-order valence-electron chi connectivity index (χ0n) is 15.5. The minimum atomic E-state index is -0.435. The standard InChI is InChI=1S/C21H25BrFN3O/c1-16(21(27)24-20-9-8-18(22)14-19(20)23)26-11-5-10-25(12-13-26)15-17-6-3-2-4-7-17/h2-4,6-9,14,16H,5,10-13,15H2,1H3,(H,24,27). The predicted octanol–water partition coefficient (Wildman–Crippen LogP) is 4.12. The van der Waals surface area contributed by atoms with Crippen molar-refractivity contribution in [1.82, 2.24) is 9.80 Å². The fraction of sp³-hybridized carbons (Fsp3) is 0.381. The largest absolute Gasteiger partial charge is 0.322 e. The average Bonchev–Trinajstić information content (AvgIpc) is 2.90. The minimum absolute atomic E-state index is 0.173. The first-order valence-electron chi connectivity index (χ1n) is 9.29. The van der Waals surface area contributed by atoms with Gasteiger partial charge in [-0.25, -0.2) is 4.39 Å². The van der Waals surface area contributed by atoms with Crippen molar-refractivity contribution in [3.8, 4) is 0 Å². The van der Waals surface area contributed by atoms with E-state index in [1.165, 1.54) is 11.6 Å². The molecule has 27 heavy (non-hydrogen) atoms. The van der Waals surface area contributed by atoms with Gasteiger partial charge in [0.25, 0.3) is 0 Å². The number of nitrogens with one attached hydrogen (secondary N) is 1. The van der Waals surface area contributed by atoms with Crippen LogP contribution in [0.25, 0.3) is 0 Å². The highest BCUT2D eigenvalue weighted by molar-refractivity contribution is 9.10. The van der Waals surface area contributed by atoms with Gasteiger partial charge in [-0.1, -0.05) is 46.3 Å². The van der Waals surface area contributed by atoms with Crippen molar-refractivity contribution in [2.75, 3.05) is 31.5 Å². The molecule has 0 saturated carbocycles. The van der Waals surface area contributed by atoms with Crippen LogP contribution in [0.3, 0.4) is 0 Å². The molecule has 0 aromatic heterocycles. The molecule has 1 aliphatic heterocycles. The van der Waals surface area contributed by atoms with Crippen molar-refractivity contribution in [1.29, 1.82) is 0 Å². The van der Waals surface area contributed by atoms with Gasteiger partial charge >= 0.3 is 0 Å². The summed E-state index contributed by atoms with van der Waals surface area (Å²) < 4.78 is 14.6. The van der Waals surface area contributed by atoms with Gasteiger partial charge in [0.15, 0.2) is 0 Å². The van der Waals surface area contributed by atoms with Gasteiger partial charge in [0.05, 0.1) is 11.7 Å². The third-order valence-corrected chi connectivity index (χ3v) is 5.48. The number of anilines is 1. The van der Waals surface area contributed by atoms with Crippen molar-refractivity contribution < 1.29 is 9.18 Å². The van der Waals surface area contributed by atoms with Crippen molar-refractivity contribution in [3.63, 3.8) is 0 Å². The Morgan fingerprint density at radius 1 is 1.15 bits per heavy atom. The van der Waals surface area contributed by atoms with E-state index in [9.17, 15) is 9.18 Å². The quantitative estimate of drug-likeness (QED) is 0.769. The maximum Gasteiger partial charge on any atom is 0.241 e. The third-order valence-electron chi connectivity index (χ3n) is 4.99. The Kier molecular flexibility index (Phi) is 6.99. The van der Waals surface area contributed by atoms with Crippen molar-refractivity contribution in [2.24, 2.45) is 0 Å². The van der Waals surface area contributed by atoms with Crippen LogP contribution in [-0.2, 0) is 11.3 Å². The topological polar surface area (TPSA) is 35.6 Å². The minimum Gasteiger partial charge on any atom is -0.322 e. The van der Waals surface area contributed by atoms with Crippen LogP contribution in [0.5, 0.6) is 0 Å². The van der Waals surface area contributed by atoms with Crippen LogP contribution in [0.4, 0.5) is 10.1 Å². The molecule has 2 aromatic carbocycles. The summed E-state index contributed by atoms with van der Waals surface area (Å²) in [6.07, 6.45) is 1.01. The monoisotopic (exact) mass is 433 g/mol. The molecule has 1 saturated heterocycles. The summed E-state index contributed by atoms with van der Waals surface area (Å²) in [6.45, 7) is 6.44. The Balaban J connectivity index is 1.55. The van der Waals surface area contributed by atoms with Crippen LogP contribution in [0.2, 0.25) is 0 Å². The fourth-order valence-corrected chi connectivity index (χ4v) is 3.70. The molecule has 1 unspecified atom stereocenters. The molecular formula is C21H25BrFN3O. The van der Waals surface area contributed by atoms with E-state index in [0.29, 0.717) is 4.47 Å². The first-order chi connectivity index (χ1) is 13.0. The Labute approximate surface area is 168 Å². The van der Waals surface area contributed by atoms with E-state index in [-0.39, 0.29) is 17.6 Å². The van der Waals surface area contributed by atoms with Gasteiger partial charge in [-0.15, -0.1) is 0 Å². The van der Waals surface area contributed by atoms with Gasteiger partial charge in [-0.3, -0.25) is 14.6 Å². The lowest BCUT2D eigenvalue weighted by atomic mass is 10.2. The number of halogens is 2. The Morgan fingerprint density at radius 3 is 2.67 bits per heavy atom. The molecule has 1 heterocycles. The van der Waals surface area contributed by atoms with Gasteiger partial charge in [-0.05, 0) is 43.7 Å². The number of carbonyl (C=O) groups is 1. The number of amides is 1. The SMILES string of the molecule is CC(C(=O)Nc1ccc(Br)cc1F)N1CCCN(Cc2ccccc2)CC1. The van der Waals surface area contributed by atoms with E-state index in [1.54, 1.807) is 12.1 Å². The van der Waals surface area contributed by atoms with Crippen molar-refractivity contribution >= 4 is 27.5 Å². The van der Waals surface area contributed by atoms with E-state index in [2.05, 4.69) is 55.3 Å². The fourth-order valence-electron chi connectivity index (χ4n) is 3.37. The predicted molar refractivity (Wildman–Crippen MR) is 110 cm³/mol. The molecule has 1 atom stereocenters. The number of carbonyl (C=O) groups excluding carboxylic acids is 1. The summed E-state index contributed by atoms with van der Waals surface area (Å²) in [6, 6.07) is 14.8. The molecule has 1 fully saturated rings. The number of benzene rings is 2. The molecule has 0 aliphatic carbocycles. The Morgan fingerprint density at radius 2 is 1.93 bits per heavy atom. The maximum atomic E-state index is 14.0. The van der Waals surface area contributed by atoms with E-state index >= 15 is 0 Å². The van der Waals surface area contributed by atoms with Gasteiger partial charge in [0.1, 0.15) is 5.82 Å². The number of hydrogen-bond acceptors (Lipinski definition) is 3. The molecule has 3 rings (SSSR count). The van der Waals surface area contributed by atoms with Crippen LogP contribution in [0.15, 0.2) is 53.0 Å². The second-order valence-electron chi connectivity index (χ2n) is 6.94. The van der Waals surface area contributed by atoms with Crippen LogP contribution in [-0.4, -0.2) is 47.9 Å². The molecule has 0 spiro atoms. The zero-order valence-corrected chi connectivity index (χ0v) is 17.1. The molecule has 1 N–H and O–H groups in total. The summed E-state index contributed by atoms with van der Waals surface area (Å²) in [4.78, 5) is 17.2. The summed E-state index contributed by atoms with van der Waals surface area (Å²) in [5.41, 5.74) is 1.53. The zero-order chi connectivity index (χ0) is 19.2. The second-order valence-corrected chi connectivity index (χ2v) is 7.86. The summed E-state index contributed by atoms with van der Waals surface area (Å²) >= 11 is 3.23. The lowest BCUT2D eigenvalue weighted by Crippen LogP contribution is -2.44. The maximum absolute atomic E-state index is 14.0. The Bertz CT molecular complexity index is 771. The molecule has 4 nitrogen and oxygen atoms in total. The molecule has 1 amide bonds. The lowest BCUT2D eigenvalue weighted by molar-refractivity contribution is -0.120. The highest BCUT2D eigenvalue weighted by atomic mass is 79.9. The molecule has 144 valence electrons. The average molecular weight is 434 g/mol. The van der Waals surface area contributed by atoms with Gasteiger partial charge < -0.3 is 5.32 Å². The number of nitrogens with zero attached hydrogens (tertiary/aromatic N) is 2. The van der Waals surface area contributed by atoms with Gasteiger partial charge in [0, 0.05) is 30.7 Å². The van der Waals surface area contributed by atoms with E-state index in [4.69, 9.17) is 0 Å². The molecule has 0 bridgehead atoms. The molecular weight excluding hydrogens is 409 g/mol. The number of hydrogen-bond donors (Lipinski definition) is 1. The highest BCUT2D eigenvalue weighted by Gasteiger charge is 2.24. The van der Waals surface area contributed by atoms with Crippen LogP contribution >= 0.6 is 15.9 Å². The first kappa shape index (κ1) is 20.0. The van der Waals surface area contributed by atoms with Crippen molar-refractivity contribution in [2.45, 2.75) is 25.9 Å². The van der Waals surface area contributed by atoms with Crippen molar-refractivity contribution in [3.05, 3.63) is 64.4 Å². The van der Waals surface area contributed by atoms with E-state index < -0.39 is 5.82 Å². The smallest absolute Gasteiger partial charge is 0.241 e. The van der Waals surface area contributed by atoms with Crippen LogP contribution in [0.1, 0.15) is 18.9 Å². The normalized spacial score (nSPS) is 17.3. The lowest BCUT2D eigenvalue weighted by Gasteiger charge is -2.27. The number of rotatable bonds is 5. The molecule has 6 heteroatoms. The molecule has 1 aliphatic rings. The summed E-state index contributed by atoms with van der Waals surface area (Å²) in [5.74, 6) is -0.609. The van der Waals surface area contributed by atoms with E-state index in [1.807, 2.05) is 13.0 Å². The van der Waals surface area contributed by atoms with E-state index in [0.717, 1.165) is 39.1 Å².